The van der Waals surface area contributed by atoms with Gasteiger partial charge in [0, 0.05) is 5.69 Å². The van der Waals surface area contributed by atoms with Gasteiger partial charge in [0.2, 0.25) is 10.0 Å². The van der Waals surface area contributed by atoms with Crippen LogP contribution in [-0.4, -0.2) is 27.6 Å². The number of sulfonamides is 1. The predicted octanol–water partition coefficient (Wildman–Crippen LogP) is 2.33. The van der Waals surface area contributed by atoms with Gasteiger partial charge in [0.05, 0.1) is 17.8 Å². The molecule has 2 aromatic carbocycles. The van der Waals surface area contributed by atoms with Crippen LogP contribution in [0.2, 0.25) is 5.02 Å². The molecule has 9 heteroatoms. The van der Waals surface area contributed by atoms with E-state index < -0.39 is 22.1 Å². The lowest BCUT2D eigenvalue weighted by Gasteiger charge is -2.27. The number of fused-ring (bicyclic) bond motifs is 1. The van der Waals surface area contributed by atoms with E-state index in [0.29, 0.717) is 22.1 Å². The van der Waals surface area contributed by atoms with Gasteiger partial charge in [-0.05, 0) is 42.8 Å². The van der Waals surface area contributed by atoms with Gasteiger partial charge in [0.15, 0.2) is 6.17 Å². The monoisotopic (exact) mass is 381 g/mol. The summed E-state index contributed by atoms with van der Waals surface area (Å²) in [5, 5.41) is 5.84. The fourth-order valence-corrected chi connectivity index (χ4v) is 3.99. The summed E-state index contributed by atoms with van der Waals surface area (Å²) < 4.78 is 32.0. The molecule has 1 aliphatic rings. The molecule has 1 unspecified atom stereocenters. The van der Waals surface area contributed by atoms with E-state index >= 15 is 0 Å². The first-order valence-corrected chi connectivity index (χ1v) is 9.20. The molecule has 2 aromatic rings. The molecule has 0 saturated carbocycles. The Hall–Kier alpha value is -2.29. The average Bonchev–Trinajstić information content (AvgIpc) is 2.53. The lowest BCUT2D eigenvalue weighted by Crippen LogP contribution is -2.51. The van der Waals surface area contributed by atoms with Crippen molar-refractivity contribution in [2.75, 3.05) is 17.7 Å². The van der Waals surface area contributed by atoms with Crippen molar-refractivity contribution in [3.8, 4) is 5.75 Å². The van der Waals surface area contributed by atoms with E-state index in [1.165, 1.54) is 19.2 Å². The van der Waals surface area contributed by atoms with Gasteiger partial charge in [-0.1, -0.05) is 17.7 Å². The summed E-state index contributed by atoms with van der Waals surface area (Å²) in [5.41, 5.74) is 1.68. The lowest BCUT2D eigenvalue weighted by molar-refractivity contribution is -0.117. The molecule has 0 fully saturated rings. The molecule has 3 N–H and O–H groups in total. The lowest BCUT2D eigenvalue weighted by atomic mass is 10.2. The summed E-state index contributed by atoms with van der Waals surface area (Å²) in [4.78, 5) is 12.5. The maximum atomic E-state index is 12.4. The fourth-order valence-electron chi connectivity index (χ4n) is 2.47. The maximum Gasteiger partial charge on any atom is 0.262 e. The van der Waals surface area contributed by atoms with Crippen molar-refractivity contribution in [1.29, 1.82) is 0 Å². The van der Waals surface area contributed by atoms with Crippen LogP contribution in [0.15, 0.2) is 41.3 Å². The Morgan fingerprint density at radius 1 is 1.24 bits per heavy atom. The average molecular weight is 382 g/mol. The van der Waals surface area contributed by atoms with E-state index in [2.05, 4.69) is 15.4 Å². The molecule has 0 saturated heterocycles. The minimum Gasteiger partial charge on any atom is -0.495 e. The number of benzene rings is 2. The highest BCUT2D eigenvalue weighted by Crippen LogP contribution is 2.29. The Balaban J connectivity index is 1.83. The van der Waals surface area contributed by atoms with Crippen LogP contribution in [0, 0.1) is 6.92 Å². The molecule has 132 valence electrons. The molecule has 0 aromatic heterocycles. The molecule has 0 bridgehead atoms. The predicted molar refractivity (Wildman–Crippen MR) is 95.5 cm³/mol. The van der Waals surface area contributed by atoms with Crippen LogP contribution in [0.5, 0.6) is 5.75 Å². The third kappa shape index (κ3) is 3.55. The quantitative estimate of drug-likeness (QED) is 0.758. The first-order chi connectivity index (χ1) is 11.8. The van der Waals surface area contributed by atoms with Crippen molar-refractivity contribution >= 4 is 38.9 Å². The highest BCUT2D eigenvalue weighted by Gasteiger charge is 2.33. The first-order valence-electron chi connectivity index (χ1n) is 7.34. The number of carbonyl (C=O) groups excluding carboxylic acids is 1. The third-order valence-corrected chi connectivity index (χ3v) is 5.46. The van der Waals surface area contributed by atoms with Crippen LogP contribution in [-0.2, 0) is 14.8 Å². The minimum atomic E-state index is -3.78. The summed E-state index contributed by atoms with van der Waals surface area (Å²) in [6, 6.07) is 9.61. The summed E-state index contributed by atoms with van der Waals surface area (Å²) in [6.07, 6.45) is -1.14. The van der Waals surface area contributed by atoms with Gasteiger partial charge < -0.3 is 15.4 Å². The standard InChI is InChI=1S/C16H16ClN3O4S/c1-9-3-6-14-12(7-9)19-15(20-25(14,22)23)16(21)18-10-4-5-13(24-2)11(17)8-10/h3-8,15,19-20H,1-2H3,(H,18,21). The van der Waals surface area contributed by atoms with Gasteiger partial charge in [-0.25, -0.2) is 8.42 Å². The van der Waals surface area contributed by atoms with Crippen molar-refractivity contribution in [2.24, 2.45) is 0 Å². The number of carbonyl (C=O) groups is 1. The van der Waals surface area contributed by atoms with Crippen LogP contribution >= 0.6 is 11.6 Å². The normalized spacial score (nSPS) is 18.0. The first kappa shape index (κ1) is 17.5. The number of anilines is 2. The van der Waals surface area contributed by atoms with Crippen molar-refractivity contribution in [3.63, 3.8) is 0 Å². The molecule has 1 aliphatic heterocycles. The van der Waals surface area contributed by atoms with Gasteiger partial charge in [0.1, 0.15) is 10.6 Å². The zero-order valence-corrected chi connectivity index (χ0v) is 15.0. The Labute approximate surface area is 150 Å². The zero-order chi connectivity index (χ0) is 18.2. The van der Waals surface area contributed by atoms with E-state index in [0.717, 1.165) is 5.56 Å². The molecule has 0 spiro atoms. The molecule has 0 radical (unpaired) electrons. The largest absolute Gasteiger partial charge is 0.495 e. The van der Waals surface area contributed by atoms with E-state index in [9.17, 15) is 13.2 Å². The Morgan fingerprint density at radius 3 is 2.68 bits per heavy atom. The summed E-state index contributed by atoms with van der Waals surface area (Å²) in [5.74, 6) is -0.0856. The van der Waals surface area contributed by atoms with Gasteiger partial charge >= 0.3 is 0 Å². The third-order valence-electron chi connectivity index (χ3n) is 3.68. The highest BCUT2D eigenvalue weighted by atomic mass is 35.5. The molecule has 1 amide bonds. The molecular weight excluding hydrogens is 366 g/mol. The fraction of sp³-hybridized carbons (Fsp3) is 0.188. The van der Waals surface area contributed by atoms with E-state index in [-0.39, 0.29) is 4.90 Å². The number of methoxy groups -OCH3 is 1. The van der Waals surface area contributed by atoms with Crippen LogP contribution < -0.4 is 20.1 Å². The summed E-state index contributed by atoms with van der Waals surface area (Å²) in [7, 11) is -2.30. The second kappa shape index (κ2) is 6.55. The van der Waals surface area contributed by atoms with Gasteiger partial charge in [-0.2, -0.15) is 4.72 Å². The Kier molecular flexibility index (Phi) is 4.59. The molecule has 25 heavy (non-hydrogen) atoms. The number of hydrogen-bond acceptors (Lipinski definition) is 5. The number of ether oxygens (including phenoxy) is 1. The van der Waals surface area contributed by atoms with Crippen LogP contribution in [0.25, 0.3) is 0 Å². The van der Waals surface area contributed by atoms with Crippen molar-refractivity contribution in [2.45, 2.75) is 18.0 Å². The second-order valence-corrected chi connectivity index (χ2v) is 7.63. The number of aryl methyl sites for hydroxylation is 1. The number of nitrogens with one attached hydrogen (secondary N) is 3. The topological polar surface area (TPSA) is 96.5 Å². The smallest absolute Gasteiger partial charge is 0.262 e. The van der Waals surface area contributed by atoms with Crippen molar-refractivity contribution in [1.82, 2.24) is 4.72 Å². The molecular formula is C16H16ClN3O4S. The minimum absolute atomic E-state index is 0.106. The summed E-state index contributed by atoms with van der Waals surface area (Å²) in [6.45, 7) is 1.84. The van der Waals surface area contributed by atoms with E-state index in [4.69, 9.17) is 16.3 Å². The van der Waals surface area contributed by atoms with E-state index in [1.54, 1.807) is 24.3 Å². The van der Waals surface area contributed by atoms with Crippen LogP contribution in [0.3, 0.4) is 0 Å². The maximum absolute atomic E-state index is 12.4. The summed E-state index contributed by atoms with van der Waals surface area (Å²) >= 11 is 6.02. The van der Waals surface area contributed by atoms with Crippen LogP contribution in [0.1, 0.15) is 5.56 Å². The Bertz CT molecular complexity index is 946. The van der Waals surface area contributed by atoms with Crippen LogP contribution in [0.4, 0.5) is 11.4 Å². The number of hydrogen-bond donors (Lipinski definition) is 3. The number of rotatable bonds is 3. The second-order valence-electron chi connectivity index (χ2n) is 5.54. The van der Waals surface area contributed by atoms with Crippen molar-refractivity contribution in [3.05, 3.63) is 47.0 Å². The highest BCUT2D eigenvalue weighted by molar-refractivity contribution is 7.89. The number of amides is 1. The number of halogens is 1. The molecule has 3 rings (SSSR count). The molecule has 0 aliphatic carbocycles. The molecule has 1 atom stereocenters. The van der Waals surface area contributed by atoms with Gasteiger partial charge in [-0.3, -0.25) is 4.79 Å². The molecule has 7 nitrogen and oxygen atoms in total. The van der Waals surface area contributed by atoms with Crippen molar-refractivity contribution < 1.29 is 17.9 Å². The SMILES string of the molecule is COc1ccc(NC(=O)C2Nc3cc(C)ccc3S(=O)(=O)N2)cc1Cl. The van der Waals surface area contributed by atoms with Gasteiger partial charge in [-0.15, -0.1) is 0 Å². The Morgan fingerprint density at radius 2 is 2.00 bits per heavy atom. The van der Waals surface area contributed by atoms with E-state index in [1.807, 2.05) is 6.92 Å². The van der Waals surface area contributed by atoms with Gasteiger partial charge in [0.25, 0.3) is 5.91 Å². The zero-order valence-electron chi connectivity index (χ0n) is 13.5. The molecule has 1 heterocycles.